The number of hydrazine groups is 1. The molecule has 5 nitrogen and oxygen atoms in total. The number of likely N-dealkylation sites (N-methyl/N-ethyl adjacent to an activating group) is 1. The highest BCUT2D eigenvalue weighted by Crippen LogP contribution is 2.18. The summed E-state index contributed by atoms with van der Waals surface area (Å²) in [6.07, 6.45) is 0. The van der Waals surface area contributed by atoms with Gasteiger partial charge in [0.1, 0.15) is 0 Å². The minimum Gasteiger partial charge on any atom is -0.339 e. The van der Waals surface area contributed by atoms with Crippen LogP contribution in [-0.4, -0.2) is 54.0 Å². The van der Waals surface area contributed by atoms with Crippen LogP contribution in [0, 0.1) is 0 Å². The number of nitrogens with two attached hydrogens (primary N) is 1. The number of rotatable bonds is 1. The van der Waals surface area contributed by atoms with Crippen LogP contribution in [0.25, 0.3) is 0 Å². The maximum absolute atomic E-state index is 5.54. The fourth-order valence-corrected chi connectivity index (χ4v) is 1.88. The molecular formula is C11H25N5. The Balaban J connectivity index is 2.74. The van der Waals surface area contributed by atoms with Crippen molar-refractivity contribution in [3.8, 4) is 0 Å². The summed E-state index contributed by atoms with van der Waals surface area (Å²) in [5, 5.41) is 0. The Labute approximate surface area is 98.7 Å². The molecule has 1 aliphatic heterocycles. The van der Waals surface area contributed by atoms with Gasteiger partial charge in [0.25, 0.3) is 0 Å². The third-order valence-corrected chi connectivity index (χ3v) is 3.13. The number of aliphatic imine (C=N–C) groups is 1. The van der Waals surface area contributed by atoms with E-state index in [-0.39, 0.29) is 11.6 Å². The van der Waals surface area contributed by atoms with Crippen LogP contribution >= 0.6 is 0 Å². The largest absolute Gasteiger partial charge is 0.339 e. The van der Waals surface area contributed by atoms with Crippen LogP contribution in [0.15, 0.2) is 4.99 Å². The van der Waals surface area contributed by atoms with Gasteiger partial charge in [-0.15, -0.1) is 0 Å². The molecule has 0 spiro atoms. The summed E-state index contributed by atoms with van der Waals surface area (Å²) in [7, 11) is 2.16. The average molecular weight is 227 g/mol. The molecular weight excluding hydrogens is 202 g/mol. The topological polar surface area (TPSA) is 56.9 Å². The number of guanidine groups is 1. The van der Waals surface area contributed by atoms with E-state index in [0.29, 0.717) is 0 Å². The Bertz CT molecular complexity index is 259. The predicted molar refractivity (Wildman–Crippen MR) is 68.2 cm³/mol. The molecule has 94 valence electrons. The van der Waals surface area contributed by atoms with Gasteiger partial charge >= 0.3 is 0 Å². The van der Waals surface area contributed by atoms with E-state index in [1.54, 1.807) is 0 Å². The van der Waals surface area contributed by atoms with Gasteiger partial charge in [-0.2, -0.15) is 0 Å². The SMILES string of the molecule is CC(C)N=C(NN)N1CCN(C)C(C)(C)C1. The van der Waals surface area contributed by atoms with Crippen molar-refractivity contribution >= 4 is 5.96 Å². The Morgan fingerprint density at radius 3 is 2.44 bits per heavy atom. The predicted octanol–water partition coefficient (Wildman–Crippen LogP) is 0.240. The van der Waals surface area contributed by atoms with Crippen molar-refractivity contribution in [1.29, 1.82) is 0 Å². The van der Waals surface area contributed by atoms with Gasteiger partial charge in [-0.05, 0) is 34.7 Å². The van der Waals surface area contributed by atoms with Crippen LogP contribution in [0.3, 0.4) is 0 Å². The Hall–Kier alpha value is -0.810. The third kappa shape index (κ3) is 3.09. The second-order valence-corrected chi connectivity index (χ2v) is 5.35. The summed E-state index contributed by atoms with van der Waals surface area (Å²) in [5.74, 6) is 6.34. The van der Waals surface area contributed by atoms with Crippen molar-refractivity contribution in [2.24, 2.45) is 10.8 Å². The van der Waals surface area contributed by atoms with E-state index in [4.69, 9.17) is 5.84 Å². The summed E-state index contributed by atoms with van der Waals surface area (Å²) >= 11 is 0. The van der Waals surface area contributed by atoms with E-state index in [1.165, 1.54) is 0 Å². The Morgan fingerprint density at radius 2 is 2.00 bits per heavy atom. The van der Waals surface area contributed by atoms with Crippen molar-refractivity contribution in [3.05, 3.63) is 0 Å². The molecule has 1 saturated heterocycles. The van der Waals surface area contributed by atoms with Crippen molar-refractivity contribution in [2.45, 2.75) is 39.3 Å². The summed E-state index contributed by atoms with van der Waals surface area (Å²) in [6, 6.07) is 0.258. The molecule has 1 rings (SSSR count). The van der Waals surface area contributed by atoms with Gasteiger partial charge in [0.05, 0.1) is 0 Å². The first-order chi connectivity index (χ1) is 7.36. The van der Waals surface area contributed by atoms with Gasteiger partial charge in [-0.3, -0.25) is 10.3 Å². The summed E-state index contributed by atoms with van der Waals surface area (Å²) in [5.41, 5.74) is 2.87. The maximum atomic E-state index is 5.54. The fraction of sp³-hybridized carbons (Fsp3) is 0.909. The van der Waals surface area contributed by atoms with Gasteiger partial charge in [-0.25, -0.2) is 10.8 Å². The summed E-state index contributed by atoms with van der Waals surface area (Å²) < 4.78 is 0. The van der Waals surface area contributed by atoms with Crippen molar-refractivity contribution < 1.29 is 0 Å². The lowest BCUT2D eigenvalue weighted by Gasteiger charge is -2.46. The van der Waals surface area contributed by atoms with Crippen LogP contribution < -0.4 is 11.3 Å². The molecule has 0 saturated carbocycles. The molecule has 1 aliphatic rings. The molecule has 0 atom stereocenters. The molecule has 1 heterocycles. The van der Waals surface area contributed by atoms with Crippen LogP contribution in [0.1, 0.15) is 27.7 Å². The number of nitrogens with one attached hydrogen (secondary N) is 1. The van der Waals surface area contributed by atoms with E-state index in [9.17, 15) is 0 Å². The zero-order valence-electron chi connectivity index (χ0n) is 11.1. The Kier molecular flexibility index (Phi) is 4.15. The van der Waals surface area contributed by atoms with Crippen molar-refractivity contribution in [3.63, 3.8) is 0 Å². The van der Waals surface area contributed by atoms with E-state index in [1.807, 2.05) is 0 Å². The minimum atomic E-state index is 0.160. The van der Waals surface area contributed by atoms with Crippen LogP contribution in [0.5, 0.6) is 0 Å². The van der Waals surface area contributed by atoms with Gasteiger partial charge in [0.2, 0.25) is 5.96 Å². The smallest absolute Gasteiger partial charge is 0.208 e. The molecule has 0 amide bonds. The monoisotopic (exact) mass is 227 g/mol. The third-order valence-electron chi connectivity index (χ3n) is 3.13. The van der Waals surface area contributed by atoms with Crippen molar-refractivity contribution in [1.82, 2.24) is 15.2 Å². The molecule has 0 aliphatic carbocycles. The molecule has 0 radical (unpaired) electrons. The molecule has 0 aromatic heterocycles. The highest BCUT2D eigenvalue weighted by Gasteiger charge is 2.32. The van der Waals surface area contributed by atoms with Crippen LogP contribution in [0.4, 0.5) is 0 Å². The molecule has 1 fully saturated rings. The van der Waals surface area contributed by atoms with Crippen molar-refractivity contribution in [2.75, 3.05) is 26.7 Å². The van der Waals surface area contributed by atoms with Gasteiger partial charge in [0, 0.05) is 31.2 Å². The van der Waals surface area contributed by atoms with Gasteiger partial charge in [-0.1, -0.05) is 0 Å². The quantitative estimate of drug-likeness (QED) is 0.292. The first kappa shape index (κ1) is 13.3. The molecule has 0 aromatic rings. The number of hydrogen-bond acceptors (Lipinski definition) is 3. The van der Waals surface area contributed by atoms with E-state index in [0.717, 1.165) is 25.6 Å². The zero-order chi connectivity index (χ0) is 12.3. The zero-order valence-corrected chi connectivity index (χ0v) is 11.1. The first-order valence-corrected chi connectivity index (χ1v) is 5.87. The highest BCUT2D eigenvalue weighted by molar-refractivity contribution is 5.79. The number of hydrogen-bond donors (Lipinski definition) is 2. The summed E-state index contributed by atoms with van der Waals surface area (Å²) in [4.78, 5) is 9.09. The molecule has 0 bridgehead atoms. The van der Waals surface area contributed by atoms with Gasteiger partial charge < -0.3 is 4.90 Å². The Morgan fingerprint density at radius 1 is 1.38 bits per heavy atom. The maximum Gasteiger partial charge on any atom is 0.208 e. The summed E-state index contributed by atoms with van der Waals surface area (Å²) in [6.45, 7) is 11.5. The average Bonchev–Trinajstić information content (AvgIpc) is 2.18. The van der Waals surface area contributed by atoms with Crippen LogP contribution in [-0.2, 0) is 0 Å². The number of piperazine rings is 1. The standard InChI is InChI=1S/C11H25N5/c1-9(2)13-10(14-12)16-7-6-15(5)11(3,4)8-16/h9H,6-8,12H2,1-5H3,(H,13,14). The fourth-order valence-electron chi connectivity index (χ4n) is 1.88. The molecule has 0 unspecified atom stereocenters. The number of nitrogens with zero attached hydrogens (tertiary/aromatic N) is 3. The first-order valence-electron chi connectivity index (χ1n) is 5.87. The highest BCUT2D eigenvalue weighted by atomic mass is 15.4. The van der Waals surface area contributed by atoms with E-state index >= 15 is 0 Å². The lowest BCUT2D eigenvalue weighted by Crippen LogP contribution is -2.61. The van der Waals surface area contributed by atoms with E-state index < -0.39 is 0 Å². The van der Waals surface area contributed by atoms with Gasteiger partial charge in [0.15, 0.2) is 0 Å². The van der Waals surface area contributed by atoms with Crippen LogP contribution in [0.2, 0.25) is 0 Å². The normalized spacial score (nSPS) is 22.7. The lowest BCUT2D eigenvalue weighted by molar-refractivity contribution is 0.0724. The molecule has 0 aromatic carbocycles. The second-order valence-electron chi connectivity index (χ2n) is 5.35. The minimum absolute atomic E-state index is 0.160. The molecule has 3 N–H and O–H groups in total. The molecule has 5 heteroatoms. The second kappa shape index (κ2) is 5.01. The molecule has 16 heavy (non-hydrogen) atoms. The van der Waals surface area contributed by atoms with E-state index in [2.05, 4.69) is 55.0 Å². The lowest BCUT2D eigenvalue weighted by atomic mass is 10.00.